The zero-order chi connectivity index (χ0) is 17.8. The van der Waals surface area contributed by atoms with Crippen molar-refractivity contribution >= 4 is 5.91 Å². The monoisotopic (exact) mass is 337 g/mol. The first-order valence-electron chi connectivity index (χ1n) is 8.02. The number of carbonyl (C=O) groups is 1. The number of aromatic amines is 1. The Morgan fingerprint density at radius 1 is 1.16 bits per heavy atom. The minimum absolute atomic E-state index is 0.0266. The highest BCUT2D eigenvalue weighted by Gasteiger charge is 2.11. The maximum Gasteiger partial charge on any atom is 0.439 e. The number of aryl methyl sites for hydroxylation is 1. The summed E-state index contributed by atoms with van der Waals surface area (Å²) in [5, 5.41) is 6.64. The number of rotatable bonds is 5. The first kappa shape index (κ1) is 16.7. The molecular formula is C19H19N3O3. The average Bonchev–Trinajstić information content (AvgIpc) is 3.03. The lowest BCUT2D eigenvalue weighted by molar-refractivity contribution is -0.121. The number of aromatic nitrogens is 2. The van der Waals surface area contributed by atoms with Gasteiger partial charge in [0.25, 0.3) is 0 Å². The molecule has 0 spiro atoms. The normalized spacial score (nSPS) is 11.9. The van der Waals surface area contributed by atoms with E-state index in [4.69, 9.17) is 0 Å². The van der Waals surface area contributed by atoms with Crippen LogP contribution in [0.4, 0.5) is 0 Å². The summed E-state index contributed by atoms with van der Waals surface area (Å²) in [4.78, 5) is 25.7. The fourth-order valence-electron chi connectivity index (χ4n) is 2.55. The van der Waals surface area contributed by atoms with Crippen LogP contribution in [-0.2, 0) is 11.2 Å². The average molecular weight is 337 g/mol. The van der Waals surface area contributed by atoms with Crippen molar-refractivity contribution in [3.05, 3.63) is 75.8 Å². The highest BCUT2D eigenvalue weighted by molar-refractivity contribution is 5.79. The molecule has 2 N–H and O–H groups in total. The van der Waals surface area contributed by atoms with E-state index < -0.39 is 5.76 Å². The van der Waals surface area contributed by atoms with E-state index in [0.717, 1.165) is 16.7 Å². The first-order valence-corrected chi connectivity index (χ1v) is 8.02. The second-order valence-electron chi connectivity index (χ2n) is 6.02. The third-order valence-electron chi connectivity index (χ3n) is 3.99. The van der Waals surface area contributed by atoms with Crippen molar-refractivity contribution < 1.29 is 9.32 Å². The minimum atomic E-state index is -0.587. The number of H-pyrrole nitrogens is 1. The summed E-state index contributed by atoms with van der Waals surface area (Å²) in [6, 6.07) is 15.2. The summed E-state index contributed by atoms with van der Waals surface area (Å²) in [6.45, 7) is 3.95. The molecule has 1 amide bonds. The molecule has 0 aliphatic heterocycles. The summed E-state index contributed by atoms with van der Waals surface area (Å²) in [5.41, 5.74) is 3.87. The van der Waals surface area contributed by atoms with E-state index in [0.29, 0.717) is 12.2 Å². The smallest absolute Gasteiger partial charge is 0.349 e. The zero-order valence-corrected chi connectivity index (χ0v) is 14.1. The van der Waals surface area contributed by atoms with Crippen molar-refractivity contribution in [2.75, 3.05) is 0 Å². The number of amides is 1. The van der Waals surface area contributed by atoms with Crippen molar-refractivity contribution in [1.29, 1.82) is 0 Å². The topological polar surface area (TPSA) is 88.0 Å². The van der Waals surface area contributed by atoms with Gasteiger partial charge in [0, 0.05) is 5.56 Å². The van der Waals surface area contributed by atoms with E-state index in [9.17, 15) is 9.59 Å². The highest BCUT2D eigenvalue weighted by atomic mass is 16.5. The molecule has 1 unspecified atom stereocenters. The Balaban J connectivity index is 1.62. The van der Waals surface area contributed by atoms with Gasteiger partial charge in [-0.2, -0.15) is 0 Å². The number of nitrogens with zero attached hydrogens (tertiary/aromatic N) is 1. The Kier molecular flexibility index (Phi) is 4.79. The Morgan fingerprint density at radius 2 is 1.84 bits per heavy atom. The van der Waals surface area contributed by atoms with Gasteiger partial charge in [-0.25, -0.2) is 4.79 Å². The van der Waals surface area contributed by atoms with E-state index in [1.807, 2.05) is 62.4 Å². The van der Waals surface area contributed by atoms with Gasteiger partial charge in [0.05, 0.1) is 12.5 Å². The molecule has 128 valence electrons. The minimum Gasteiger partial charge on any atom is -0.349 e. The molecule has 0 bridgehead atoms. The molecule has 0 aliphatic rings. The highest BCUT2D eigenvalue weighted by Crippen LogP contribution is 2.18. The quantitative estimate of drug-likeness (QED) is 0.749. The fourth-order valence-corrected chi connectivity index (χ4v) is 2.55. The maximum absolute atomic E-state index is 12.2. The van der Waals surface area contributed by atoms with Gasteiger partial charge >= 0.3 is 5.76 Å². The van der Waals surface area contributed by atoms with Crippen molar-refractivity contribution in [3.63, 3.8) is 0 Å². The molecule has 0 saturated carbocycles. The summed E-state index contributed by atoms with van der Waals surface area (Å²) in [7, 11) is 0. The molecule has 1 heterocycles. The molecule has 0 aliphatic carbocycles. The van der Waals surface area contributed by atoms with Gasteiger partial charge in [-0.05, 0) is 25.0 Å². The molecule has 3 rings (SSSR count). The van der Waals surface area contributed by atoms with Crippen molar-refractivity contribution in [2.45, 2.75) is 26.3 Å². The molecule has 25 heavy (non-hydrogen) atoms. The van der Waals surface area contributed by atoms with E-state index in [-0.39, 0.29) is 11.9 Å². The molecule has 2 aromatic carbocycles. The molecule has 0 fully saturated rings. The molecule has 6 nitrogen and oxygen atoms in total. The van der Waals surface area contributed by atoms with Gasteiger partial charge in [-0.3, -0.25) is 14.3 Å². The molecule has 1 aromatic heterocycles. The fraction of sp³-hybridized carbons (Fsp3) is 0.211. The van der Waals surface area contributed by atoms with Gasteiger partial charge in [-0.1, -0.05) is 59.3 Å². The first-order chi connectivity index (χ1) is 12.0. The Bertz CT molecular complexity index is 908. The largest absolute Gasteiger partial charge is 0.439 e. The van der Waals surface area contributed by atoms with E-state index in [2.05, 4.69) is 20.0 Å². The van der Waals surface area contributed by atoms with Crippen LogP contribution < -0.4 is 11.1 Å². The summed E-state index contributed by atoms with van der Waals surface area (Å²) in [6.07, 6.45) is 0.350. The van der Waals surface area contributed by atoms with Gasteiger partial charge in [0.1, 0.15) is 0 Å². The van der Waals surface area contributed by atoms with Crippen LogP contribution in [0.1, 0.15) is 29.7 Å². The van der Waals surface area contributed by atoms with Crippen LogP contribution in [0, 0.1) is 6.92 Å². The number of carbonyl (C=O) groups excluding carboxylic acids is 1. The zero-order valence-electron chi connectivity index (χ0n) is 14.1. The van der Waals surface area contributed by atoms with E-state index >= 15 is 0 Å². The number of benzene rings is 2. The van der Waals surface area contributed by atoms with Crippen LogP contribution in [0.3, 0.4) is 0 Å². The van der Waals surface area contributed by atoms with Crippen LogP contribution in [0.2, 0.25) is 0 Å². The summed E-state index contributed by atoms with van der Waals surface area (Å²) < 4.78 is 4.50. The Morgan fingerprint density at radius 3 is 2.44 bits per heavy atom. The van der Waals surface area contributed by atoms with Crippen LogP contribution in [0.5, 0.6) is 0 Å². The standard InChI is InChI=1S/C19H19N3O3/c1-12-3-5-14(6-4-12)11-17(23)20-13(2)15-7-9-16(10-8-15)18-21-19(24)25-22-18/h3-10,13H,11H2,1-2H3,(H,20,23)(H,21,22,24). The lowest BCUT2D eigenvalue weighted by Gasteiger charge is -2.15. The second kappa shape index (κ2) is 7.17. The number of nitrogens with one attached hydrogen (secondary N) is 2. The summed E-state index contributed by atoms with van der Waals surface area (Å²) >= 11 is 0. The van der Waals surface area contributed by atoms with Crippen molar-refractivity contribution in [2.24, 2.45) is 0 Å². The number of hydrogen-bond acceptors (Lipinski definition) is 4. The van der Waals surface area contributed by atoms with Crippen molar-refractivity contribution in [3.8, 4) is 11.4 Å². The lowest BCUT2D eigenvalue weighted by atomic mass is 10.0. The van der Waals surface area contributed by atoms with Gasteiger partial charge in [0.2, 0.25) is 5.91 Å². The van der Waals surface area contributed by atoms with E-state index in [1.165, 1.54) is 5.56 Å². The van der Waals surface area contributed by atoms with Crippen molar-refractivity contribution in [1.82, 2.24) is 15.5 Å². The van der Waals surface area contributed by atoms with Crippen LogP contribution in [0.25, 0.3) is 11.4 Å². The van der Waals surface area contributed by atoms with Gasteiger partial charge in [0.15, 0.2) is 5.82 Å². The van der Waals surface area contributed by atoms with Gasteiger partial charge in [-0.15, -0.1) is 0 Å². The van der Waals surface area contributed by atoms with Crippen LogP contribution >= 0.6 is 0 Å². The molecule has 3 aromatic rings. The van der Waals surface area contributed by atoms with E-state index in [1.54, 1.807) is 0 Å². The van der Waals surface area contributed by atoms with Gasteiger partial charge < -0.3 is 5.32 Å². The predicted octanol–water partition coefficient (Wildman–Crippen LogP) is 2.76. The predicted molar refractivity (Wildman–Crippen MR) is 94.0 cm³/mol. The third-order valence-corrected chi connectivity index (χ3v) is 3.99. The molecule has 0 radical (unpaired) electrons. The Labute approximate surface area is 144 Å². The third kappa shape index (κ3) is 4.23. The Hall–Kier alpha value is -3.15. The lowest BCUT2D eigenvalue weighted by Crippen LogP contribution is -2.28. The second-order valence-corrected chi connectivity index (χ2v) is 6.02. The number of hydrogen-bond donors (Lipinski definition) is 2. The van der Waals surface area contributed by atoms with Crippen LogP contribution in [-0.4, -0.2) is 16.0 Å². The maximum atomic E-state index is 12.2. The molecular weight excluding hydrogens is 318 g/mol. The molecule has 6 heteroatoms. The summed E-state index contributed by atoms with van der Waals surface area (Å²) in [5.74, 6) is -0.232. The SMILES string of the molecule is Cc1ccc(CC(=O)NC(C)c2ccc(-c3noc(=O)[nH]3)cc2)cc1. The molecule has 0 saturated heterocycles. The molecule has 1 atom stereocenters. The van der Waals surface area contributed by atoms with Crippen LogP contribution in [0.15, 0.2) is 57.8 Å².